The molecule has 0 radical (unpaired) electrons. The van der Waals surface area contributed by atoms with Gasteiger partial charge < -0.3 is 5.73 Å². The minimum atomic E-state index is 0.139. The van der Waals surface area contributed by atoms with Gasteiger partial charge in [-0.1, -0.05) is 6.92 Å². The second-order valence-electron chi connectivity index (χ2n) is 4.32. The highest BCUT2D eigenvalue weighted by molar-refractivity contribution is 5.80. The largest absolute Gasteiger partial charge is 0.330 e. The standard InChI is InChI=1S/C12H21N3O/c1-10(4-3-7-13)12(16)6-5-11-8-14-15(2)9-11/h8-10H,3-7,13H2,1-2H3. The average Bonchev–Trinajstić information content (AvgIpc) is 2.68. The van der Waals surface area contributed by atoms with Crippen LogP contribution in [-0.2, 0) is 18.3 Å². The van der Waals surface area contributed by atoms with Gasteiger partial charge in [0, 0.05) is 25.6 Å². The van der Waals surface area contributed by atoms with Gasteiger partial charge in [-0.3, -0.25) is 9.48 Å². The molecular weight excluding hydrogens is 202 g/mol. The number of ketones is 1. The summed E-state index contributed by atoms with van der Waals surface area (Å²) in [5.74, 6) is 0.470. The van der Waals surface area contributed by atoms with Crippen molar-refractivity contribution in [3.63, 3.8) is 0 Å². The molecule has 0 bridgehead atoms. The molecule has 0 amide bonds. The van der Waals surface area contributed by atoms with Gasteiger partial charge in [0.25, 0.3) is 0 Å². The number of carbonyl (C=O) groups excluding carboxylic acids is 1. The van der Waals surface area contributed by atoms with Crippen LogP contribution in [0.15, 0.2) is 12.4 Å². The van der Waals surface area contributed by atoms with Gasteiger partial charge in [0.2, 0.25) is 0 Å². The van der Waals surface area contributed by atoms with Crippen molar-refractivity contribution in [1.29, 1.82) is 0 Å². The zero-order chi connectivity index (χ0) is 12.0. The minimum absolute atomic E-state index is 0.139. The first-order valence-electron chi connectivity index (χ1n) is 5.83. The molecule has 0 saturated heterocycles. The first-order chi connectivity index (χ1) is 7.63. The molecule has 1 rings (SSSR count). The zero-order valence-electron chi connectivity index (χ0n) is 10.1. The molecule has 4 heteroatoms. The van der Waals surface area contributed by atoms with Gasteiger partial charge in [-0.15, -0.1) is 0 Å². The average molecular weight is 223 g/mol. The van der Waals surface area contributed by atoms with Crippen LogP contribution in [-0.4, -0.2) is 22.1 Å². The Balaban J connectivity index is 2.29. The molecule has 4 nitrogen and oxygen atoms in total. The SMILES string of the molecule is CC(CCCN)C(=O)CCc1cnn(C)c1. The van der Waals surface area contributed by atoms with Gasteiger partial charge in [0.05, 0.1) is 6.20 Å². The van der Waals surface area contributed by atoms with Crippen LogP contribution in [0.25, 0.3) is 0 Å². The Kier molecular flexibility index (Phi) is 5.19. The first-order valence-corrected chi connectivity index (χ1v) is 5.83. The molecule has 1 atom stereocenters. The Morgan fingerprint density at radius 1 is 1.62 bits per heavy atom. The summed E-state index contributed by atoms with van der Waals surface area (Å²) in [7, 11) is 1.88. The Bertz CT molecular complexity index is 333. The van der Waals surface area contributed by atoms with Crippen molar-refractivity contribution in [2.75, 3.05) is 6.54 Å². The molecule has 16 heavy (non-hydrogen) atoms. The van der Waals surface area contributed by atoms with Gasteiger partial charge in [-0.25, -0.2) is 0 Å². The van der Waals surface area contributed by atoms with Gasteiger partial charge in [-0.2, -0.15) is 5.10 Å². The van der Waals surface area contributed by atoms with Gasteiger partial charge in [0.15, 0.2) is 0 Å². The van der Waals surface area contributed by atoms with E-state index in [2.05, 4.69) is 5.10 Å². The number of carbonyl (C=O) groups is 1. The molecule has 1 heterocycles. The lowest BCUT2D eigenvalue weighted by atomic mass is 9.96. The van der Waals surface area contributed by atoms with Crippen molar-refractivity contribution >= 4 is 5.78 Å². The van der Waals surface area contributed by atoms with E-state index >= 15 is 0 Å². The normalized spacial score (nSPS) is 12.7. The summed E-state index contributed by atoms with van der Waals surface area (Å²) in [6.07, 6.45) is 7.01. The van der Waals surface area contributed by atoms with Gasteiger partial charge >= 0.3 is 0 Å². The van der Waals surface area contributed by atoms with Crippen LogP contribution in [0.3, 0.4) is 0 Å². The Labute approximate surface area is 96.8 Å². The molecule has 0 aliphatic rings. The number of nitrogens with two attached hydrogens (primary N) is 1. The Hall–Kier alpha value is -1.16. The maximum absolute atomic E-state index is 11.8. The van der Waals surface area contributed by atoms with E-state index in [0.717, 1.165) is 24.8 Å². The summed E-state index contributed by atoms with van der Waals surface area (Å²) in [6.45, 7) is 2.65. The molecular formula is C12H21N3O. The molecule has 1 aromatic heterocycles. The predicted octanol–water partition coefficient (Wildman–Crippen LogP) is 1.30. The van der Waals surface area contributed by atoms with Crippen LogP contribution in [0.4, 0.5) is 0 Å². The molecule has 1 unspecified atom stereocenters. The molecule has 90 valence electrons. The highest BCUT2D eigenvalue weighted by atomic mass is 16.1. The summed E-state index contributed by atoms with van der Waals surface area (Å²) >= 11 is 0. The van der Waals surface area contributed by atoms with E-state index in [9.17, 15) is 4.79 Å². The van der Waals surface area contributed by atoms with Gasteiger partial charge in [-0.05, 0) is 31.4 Å². The van der Waals surface area contributed by atoms with E-state index in [0.29, 0.717) is 18.7 Å². The van der Waals surface area contributed by atoms with Gasteiger partial charge in [0.1, 0.15) is 5.78 Å². The number of rotatable bonds is 7. The van der Waals surface area contributed by atoms with Crippen LogP contribution in [0.5, 0.6) is 0 Å². The number of nitrogens with zero attached hydrogens (tertiary/aromatic N) is 2. The molecule has 0 aromatic carbocycles. The second-order valence-corrected chi connectivity index (χ2v) is 4.32. The van der Waals surface area contributed by atoms with Crippen molar-refractivity contribution < 1.29 is 4.79 Å². The third-order valence-electron chi connectivity index (χ3n) is 2.81. The van der Waals surface area contributed by atoms with E-state index in [4.69, 9.17) is 5.73 Å². The quantitative estimate of drug-likeness (QED) is 0.758. The molecule has 0 aliphatic carbocycles. The van der Waals surface area contributed by atoms with Crippen molar-refractivity contribution in [3.05, 3.63) is 18.0 Å². The molecule has 0 fully saturated rings. The van der Waals surface area contributed by atoms with Crippen molar-refractivity contribution in [1.82, 2.24) is 9.78 Å². The number of hydrogen-bond donors (Lipinski definition) is 1. The van der Waals surface area contributed by atoms with Crippen molar-refractivity contribution in [3.8, 4) is 0 Å². The minimum Gasteiger partial charge on any atom is -0.330 e. The monoisotopic (exact) mass is 223 g/mol. The molecule has 0 saturated carbocycles. The van der Waals surface area contributed by atoms with E-state index in [1.807, 2.05) is 26.4 Å². The van der Waals surface area contributed by atoms with Crippen LogP contribution in [0, 0.1) is 5.92 Å². The van der Waals surface area contributed by atoms with E-state index in [-0.39, 0.29) is 5.92 Å². The predicted molar refractivity (Wildman–Crippen MR) is 64.0 cm³/mol. The summed E-state index contributed by atoms with van der Waals surface area (Å²) < 4.78 is 1.76. The molecule has 0 aliphatic heterocycles. The maximum Gasteiger partial charge on any atom is 0.136 e. The fourth-order valence-corrected chi connectivity index (χ4v) is 1.70. The number of hydrogen-bond acceptors (Lipinski definition) is 3. The van der Waals surface area contributed by atoms with E-state index in [1.165, 1.54) is 0 Å². The highest BCUT2D eigenvalue weighted by Gasteiger charge is 2.12. The van der Waals surface area contributed by atoms with E-state index < -0.39 is 0 Å². The van der Waals surface area contributed by atoms with Crippen molar-refractivity contribution in [2.24, 2.45) is 18.7 Å². The van der Waals surface area contributed by atoms with Crippen LogP contribution < -0.4 is 5.73 Å². The number of aromatic nitrogens is 2. The summed E-state index contributed by atoms with van der Waals surface area (Å²) in [6, 6.07) is 0. The fourth-order valence-electron chi connectivity index (χ4n) is 1.70. The first kappa shape index (κ1) is 12.9. The molecule has 0 spiro atoms. The lowest BCUT2D eigenvalue weighted by Crippen LogP contribution is -2.13. The summed E-state index contributed by atoms with van der Waals surface area (Å²) in [4.78, 5) is 11.8. The van der Waals surface area contributed by atoms with Crippen LogP contribution in [0.1, 0.15) is 31.7 Å². The third kappa shape index (κ3) is 4.14. The number of Topliss-reactive ketones (excluding diaryl/α,β-unsaturated/α-hetero) is 1. The highest BCUT2D eigenvalue weighted by Crippen LogP contribution is 2.11. The van der Waals surface area contributed by atoms with Crippen LogP contribution >= 0.6 is 0 Å². The van der Waals surface area contributed by atoms with E-state index in [1.54, 1.807) is 4.68 Å². The number of aryl methyl sites for hydroxylation is 2. The molecule has 2 N–H and O–H groups in total. The fraction of sp³-hybridized carbons (Fsp3) is 0.667. The summed E-state index contributed by atoms with van der Waals surface area (Å²) in [5.41, 5.74) is 6.55. The topological polar surface area (TPSA) is 60.9 Å². The summed E-state index contributed by atoms with van der Waals surface area (Å²) in [5, 5.41) is 4.08. The lowest BCUT2D eigenvalue weighted by molar-refractivity contribution is -0.122. The second kappa shape index (κ2) is 6.43. The van der Waals surface area contributed by atoms with Crippen LogP contribution in [0.2, 0.25) is 0 Å². The zero-order valence-corrected chi connectivity index (χ0v) is 10.1. The lowest BCUT2D eigenvalue weighted by Gasteiger charge is -2.08. The third-order valence-corrected chi connectivity index (χ3v) is 2.81. The Morgan fingerprint density at radius 2 is 2.38 bits per heavy atom. The Morgan fingerprint density at radius 3 is 2.94 bits per heavy atom. The maximum atomic E-state index is 11.8. The molecule has 1 aromatic rings. The van der Waals surface area contributed by atoms with Crippen molar-refractivity contribution in [2.45, 2.75) is 32.6 Å². The smallest absolute Gasteiger partial charge is 0.136 e.